The van der Waals surface area contributed by atoms with Crippen molar-refractivity contribution in [2.24, 2.45) is 0 Å². The van der Waals surface area contributed by atoms with Crippen molar-refractivity contribution in [3.8, 4) is 11.5 Å². The monoisotopic (exact) mass is 545 g/mol. The third kappa shape index (κ3) is 5.38. The topological polar surface area (TPSA) is 115 Å². The van der Waals surface area contributed by atoms with Gasteiger partial charge in [-0.2, -0.15) is 0 Å². The van der Waals surface area contributed by atoms with Crippen LogP contribution in [0.25, 0.3) is 0 Å². The number of benzene rings is 2. The molecule has 2 N–H and O–H groups in total. The number of nitrogens with one attached hydrogen (secondary N) is 2. The molecule has 0 bridgehead atoms. The van der Waals surface area contributed by atoms with Crippen molar-refractivity contribution in [1.29, 1.82) is 0 Å². The molecule has 1 aromatic heterocycles. The van der Waals surface area contributed by atoms with Gasteiger partial charge in [-0.1, -0.05) is 30.3 Å². The van der Waals surface area contributed by atoms with E-state index in [4.69, 9.17) is 9.47 Å². The van der Waals surface area contributed by atoms with Crippen LogP contribution in [0.1, 0.15) is 65.7 Å². The molecule has 0 unspecified atom stereocenters. The van der Waals surface area contributed by atoms with E-state index in [1.54, 1.807) is 23.5 Å². The van der Waals surface area contributed by atoms with Crippen LogP contribution in [0.3, 0.4) is 0 Å². The number of hydrogen-bond donors (Lipinski definition) is 2. The van der Waals surface area contributed by atoms with Gasteiger partial charge in [0.05, 0.1) is 26.1 Å². The summed E-state index contributed by atoms with van der Waals surface area (Å²) in [6.45, 7) is 6.43. The van der Waals surface area contributed by atoms with E-state index in [0.717, 1.165) is 29.7 Å². The quantitative estimate of drug-likeness (QED) is 0.404. The molecule has 1 aliphatic carbocycles. The van der Waals surface area contributed by atoms with E-state index in [9.17, 15) is 14.4 Å². The van der Waals surface area contributed by atoms with E-state index >= 15 is 0 Å². The molecule has 3 aromatic rings. The van der Waals surface area contributed by atoms with Gasteiger partial charge < -0.3 is 29.6 Å². The summed E-state index contributed by atoms with van der Waals surface area (Å²) in [5.41, 5.74) is 0.864. The highest BCUT2D eigenvalue weighted by Crippen LogP contribution is 2.39. The molecule has 2 aromatic carbocycles. The highest BCUT2D eigenvalue weighted by Gasteiger charge is 2.53. The van der Waals surface area contributed by atoms with Crippen molar-refractivity contribution in [1.82, 2.24) is 25.1 Å². The minimum absolute atomic E-state index is 0.0550. The van der Waals surface area contributed by atoms with Crippen LogP contribution in [0.5, 0.6) is 11.5 Å². The molecule has 2 heterocycles. The maximum atomic E-state index is 13.9. The third-order valence-corrected chi connectivity index (χ3v) is 7.27. The standard InChI is InChI=1S/C30H35N5O5/c1-19(2)40-23-13-9-20(10-14-23)15-31-27(36)25-26-28(37)35(22-11-12-22)30(3,17-34(26)18-33-25)29(38)32-16-21-7-5-6-8-24(21)39-4/h5-10,13-14,18-19,22H,11-12,15-17H2,1-4H3,(H,31,36)(H,32,38)/t30-/m0/s1. The lowest BCUT2D eigenvalue weighted by atomic mass is 9.93. The van der Waals surface area contributed by atoms with Gasteiger partial charge >= 0.3 is 0 Å². The van der Waals surface area contributed by atoms with Crippen LogP contribution in [-0.4, -0.2) is 57.0 Å². The van der Waals surface area contributed by atoms with E-state index in [1.165, 1.54) is 6.33 Å². The third-order valence-electron chi connectivity index (χ3n) is 7.27. The number of para-hydroxylation sites is 1. The first-order valence-corrected chi connectivity index (χ1v) is 13.5. The van der Waals surface area contributed by atoms with Crippen molar-refractivity contribution in [3.05, 3.63) is 77.4 Å². The molecule has 0 saturated heterocycles. The number of fused-ring (bicyclic) bond motifs is 1. The summed E-state index contributed by atoms with van der Waals surface area (Å²) in [6.07, 6.45) is 3.17. The maximum absolute atomic E-state index is 13.9. The molecule has 1 aliphatic heterocycles. The van der Waals surface area contributed by atoms with Gasteiger partial charge in [0.2, 0.25) is 5.91 Å². The van der Waals surface area contributed by atoms with Crippen molar-refractivity contribution >= 4 is 17.7 Å². The molecule has 5 rings (SSSR count). The van der Waals surface area contributed by atoms with Crippen molar-refractivity contribution < 1.29 is 23.9 Å². The SMILES string of the molecule is COc1ccccc1CNC(=O)[C@]1(C)Cn2cnc(C(=O)NCc3ccc(OC(C)C)cc3)c2C(=O)N1C1CC1. The van der Waals surface area contributed by atoms with Gasteiger partial charge in [0.1, 0.15) is 22.7 Å². The largest absolute Gasteiger partial charge is 0.496 e. The number of rotatable bonds is 10. The Kier molecular flexibility index (Phi) is 7.51. The predicted octanol–water partition coefficient (Wildman–Crippen LogP) is 3.30. The van der Waals surface area contributed by atoms with E-state index in [2.05, 4.69) is 15.6 Å². The second-order valence-electron chi connectivity index (χ2n) is 10.7. The number of methoxy groups -OCH3 is 1. The van der Waals surface area contributed by atoms with Crippen molar-refractivity contribution in [2.75, 3.05) is 7.11 Å². The predicted molar refractivity (Wildman–Crippen MR) is 148 cm³/mol. The smallest absolute Gasteiger partial charge is 0.274 e. The number of imidazole rings is 1. The summed E-state index contributed by atoms with van der Waals surface area (Å²) in [5.74, 6) is 0.369. The van der Waals surface area contributed by atoms with Crippen molar-refractivity contribution in [2.45, 2.75) is 70.9 Å². The minimum Gasteiger partial charge on any atom is -0.496 e. The minimum atomic E-state index is -1.14. The molecule has 1 saturated carbocycles. The number of carbonyl (C=O) groups is 3. The lowest BCUT2D eigenvalue weighted by Gasteiger charge is -2.44. The van der Waals surface area contributed by atoms with Gasteiger partial charge in [0.15, 0.2) is 5.69 Å². The Bertz CT molecular complexity index is 1410. The molecule has 1 atom stereocenters. The van der Waals surface area contributed by atoms with Crippen LogP contribution in [0.15, 0.2) is 54.9 Å². The van der Waals surface area contributed by atoms with E-state index < -0.39 is 11.4 Å². The maximum Gasteiger partial charge on any atom is 0.274 e. The summed E-state index contributed by atoms with van der Waals surface area (Å²) in [4.78, 5) is 46.5. The number of amides is 3. The first-order valence-electron chi connectivity index (χ1n) is 13.5. The van der Waals surface area contributed by atoms with Gasteiger partial charge in [0.25, 0.3) is 11.8 Å². The summed E-state index contributed by atoms with van der Waals surface area (Å²) < 4.78 is 12.7. The Morgan fingerprint density at radius 3 is 2.48 bits per heavy atom. The normalized spacial score (nSPS) is 18.3. The van der Waals surface area contributed by atoms with Crippen molar-refractivity contribution in [3.63, 3.8) is 0 Å². The second kappa shape index (κ2) is 11.0. The van der Waals surface area contributed by atoms with Crippen LogP contribution in [-0.2, 0) is 24.4 Å². The molecular formula is C30H35N5O5. The van der Waals surface area contributed by atoms with E-state index in [-0.39, 0.29) is 55.0 Å². The van der Waals surface area contributed by atoms with Gasteiger partial charge in [-0.15, -0.1) is 0 Å². The fraction of sp³-hybridized carbons (Fsp3) is 0.400. The molecule has 10 heteroatoms. The Hall–Kier alpha value is -4.34. The molecular weight excluding hydrogens is 510 g/mol. The lowest BCUT2D eigenvalue weighted by molar-refractivity contribution is -0.133. The number of ether oxygens (including phenoxy) is 2. The average molecular weight is 546 g/mol. The summed E-state index contributed by atoms with van der Waals surface area (Å²) in [5, 5.41) is 5.86. The zero-order chi connectivity index (χ0) is 28.4. The van der Waals surface area contributed by atoms with Crippen LogP contribution in [0, 0.1) is 0 Å². The average Bonchev–Trinajstić information content (AvgIpc) is 3.68. The fourth-order valence-corrected chi connectivity index (χ4v) is 5.16. The van der Waals surface area contributed by atoms with E-state index in [1.807, 2.05) is 62.4 Å². The van der Waals surface area contributed by atoms with E-state index in [0.29, 0.717) is 5.75 Å². The highest BCUT2D eigenvalue weighted by atomic mass is 16.5. The molecule has 40 heavy (non-hydrogen) atoms. The fourth-order valence-electron chi connectivity index (χ4n) is 5.16. The van der Waals surface area contributed by atoms with Crippen LogP contribution in [0.2, 0.25) is 0 Å². The Labute approximate surface area is 233 Å². The molecule has 0 spiro atoms. The van der Waals surface area contributed by atoms with Crippen LogP contribution < -0.4 is 20.1 Å². The number of carbonyl (C=O) groups excluding carboxylic acids is 3. The summed E-state index contributed by atoms with van der Waals surface area (Å²) in [6, 6.07) is 14.9. The Morgan fingerprint density at radius 1 is 1.07 bits per heavy atom. The lowest BCUT2D eigenvalue weighted by Crippen LogP contribution is -2.64. The first-order chi connectivity index (χ1) is 19.2. The van der Waals surface area contributed by atoms with Gasteiger partial charge in [-0.05, 0) is 57.4 Å². The van der Waals surface area contributed by atoms with Gasteiger partial charge in [-0.25, -0.2) is 4.98 Å². The number of nitrogens with zero attached hydrogens (tertiary/aromatic N) is 3. The summed E-state index contributed by atoms with van der Waals surface area (Å²) >= 11 is 0. The van der Waals surface area contributed by atoms with Crippen LogP contribution in [0.4, 0.5) is 0 Å². The number of aromatic nitrogens is 2. The molecule has 3 amide bonds. The van der Waals surface area contributed by atoms with Gasteiger partial charge in [0, 0.05) is 24.7 Å². The second-order valence-corrected chi connectivity index (χ2v) is 10.7. The molecule has 0 radical (unpaired) electrons. The molecule has 2 aliphatic rings. The Balaban J connectivity index is 1.31. The van der Waals surface area contributed by atoms with Gasteiger partial charge in [-0.3, -0.25) is 14.4 Å². The zero-order valence-corrected chi connectivity index (χ0v) is 23.3. The summed E-state index contributed by atoms with van der Waals surface area (Å²) in [7, 11) is 1.59. The number of hydrogen-bond acceptors (Lipinski definition) is 6. The molecule has 10 nitrogen and oxygen atoms in total. The highest BCUT2D eigenvalue weighted by molar-refractivity contribution is 6.07. The first kappa shape index (κ1) is 27.2. The molecule has 1 fully saturated rings. The Morgan fingerprint density at radius 2 is 1.80 bits per heavy atom. The molecule has 210 valence electrons. The zero-order valence-electron chi connectivity index (χ0n) is 23.3. The van der Waals surface area contributed by atoms with Crippen LogP contribution >= 0.6 is 0 Å².